The second-order valence-corrected chi connectivity index (χ2v) is 6.65. The van der Waals surface area contributed by atoms with Gasteiger partial charge >= 0.3 is 0 Å². The van der Waals surface area contributed by atoms with E-state index in [4.69, 9.17) is 4.99 Å². The Morgan fingerprint density at radius 2 is 1.64 bits per heavy atom. The van der Waals surface area contributed by atoms with Crippen LogP contribution in [0.25, 0.3) is 0 Å². The molecule has 0 aliphatic carbocycles. The molecule has 0 bridgehead atoms. The summed E-state index contributed by atoms with van der Waals surface area (Å²) in [4.78, 5) is 11.2. The molecule has 0 aliphatic rings. The minimum Gasteiger partial charge on any atom is -0.356 e. The molecule has 0 saturated heterocycles. The number of rotatable bonds is 7. The molecule has 3 aromatic rings. The van der Waals surface area contributed by atoms with E-state index in [0.717, 1.165) is 31.3 Å². The van der Waals surface area contributed by atoms with E-state index < -0.39 is 0 Å². The zero-order valence-electron chi connectivity index (χ0n) is 16.5. The first-order valence-corrected chi connectivity index (χ1v) is 9.26. The number of hydrogen-bond acceptors (Lipinski definition) is 2. The average molecular weight is 489 g/mol. The zero-order chi connectivity index (χ0) is 18.9. The van der Waals surface area contributed by atoms with E-state index >= 15 is 0 Å². The number of aliphatic imine (C=N–C) groups is 1. The van der Waals surface area contributed by atoms with Crippen LogP contribution in [0.1, 0.15) is 17.0 Å². The zero-order valence-corrected chi connectivity index (χ0v) is 18.8. The maximum Gasteiger partial charge on any atom is 0.193 e. The van der Waals surface area contributed by atoms with Gasteiger partial charge in [-0.05, 0) is 11.1 Å². The Morgan fingerprint density at radius 1 is 1.00 bits per heavy atom. The topological polar surface area (TPSA) is 45.4 Å². The molecule has 6 heteroatoms. The van der Waals surface area contributed by atoms with E-state index in [2.05, 4.69) is 51.3 Å². The lowest BCUT2D eigenvalue weighted by molar-refractivity contribution is 0.575. The molecule has 2 aromatic carbocycles. The van der Waals surface area contributed by atoms with Crippen LogP contribution in [-0.2, 0) is 19.5 Å². The van der Waals surface area contributed by atoms with Crippen molar-refractivity contribution in [3.05, 3.63) is 90.0 Å². The van der Waals surface area contributed by atoms with Gasteiger partial charge in [0.15, 0.2) is 5.96 Å². The Morgan fingerprint density at radius 3 is 2.29 bits per heavy atom. The molecule has 0 fully saturated rings. The van der Waals surface area contributed by atoms with Gasteiger partial charge in [-0.2, -0.15) is 0 Å². The highest BCUT2D eigenvalue weighted by Gasteiger charge is 2.06. The van der Waals surface area contributed by atoms with Crippen LogP contribution in [-0.4, -0.2) is 41.1 Å². The fraction of sp³-hybridized carbons (Fsp3) is 0.273. The normalized spacial score (nSPS) is 11.0. The predicted molar refractivity (Wildman–Crippen MR) is 126 cm³/mol. The van der Waals surface area contributed by atoms with Crippen molar-refractivity contribution >= 4 is 29.9 Å². The highest BCUT2D eigenvalue weighted by atomic mass is 127. The van der Waals surface area contributed by atoms with Crippen LogP contribution in [0.3, 0.4) is 0 Å². The van der Waals surface area contributed by atoms with Crippen LogP contribution in [0, 0.1) is 0 Å². The van der Waals surface area contributed by atoms with Crippen LogP contribution in [0.5, 0.6) is 0 Å². The first-order valence-electron chi connectivity index (χ1n) is 9.26. The number of nitrogens with zero attached hydrogens (tertiary/aromatic N) is 4. The molecule has 3 rings (SSSR count). The Bertz CT molecular complexity index is 844. The highest BCUT2D eigenvalue weighted by molar-refractivity contribution is 14.0. The number of imidazole rings is 1. The molecule has 0 unspecified atom stereocenters. The lowest BCUT2D eigenvalue weighted by atomic mass is 10.2. The largest absolute Gasteiger partial charge is 0.356 e. The van der Waals surface area contributed by atoms with Crippen LogP contribution in [0.2, 0.25) is 0 Å². The van der Waals surface area contributed by atoms with Gasteiger partial charge in [0.25, 0.3) is 0 Å². The number of hydrogen-bond donors (Lipinski definition) is 1. The van der Waals surface area contributed by atoms with Gasteiger partial charge in [0, 0.05) is 46.0 Å². The summed E-state index contributed by atoms with van der Waals surface area (Å²) in [6.07, 6.45) is 4.76. The Labute approximate surface area is 184 Å². The molecule has 0 spiro atoms. The fourth-order valence-electron chi connectivity index (χ4n) is 2.88. The van der Waals surface area contributed by atoms with Crippen molar-refractivity contribution in [2.45, 2.75) is 19.5 Å². The lowest BCUT2D eigenvalue weighted by Gasteiger charge is -2.18. The second-order valence-electron chi connectivity index (χ2n) is 6.65. The lowest BCUT2D eigenvalue weighted by Crippen LogP contribution is -2.37. The minimum atomic E-state index is 0. The standard InChI is InChI=1S/C22H27N5.HI/c1-26(2)22(25-17-19-9-5-3-6-10-19)24-14-13-21-23-15-16-27(21)18-20-11-7-4-8-12-20;/h3-12,15-16H,13-14,17-18H2,1-2H3,(H,24,25);1H. The molecule has 1 heterocycles. The molecule has 0 saturated carbocycles. The first-order chi connectivity index (χ1) is 13.2. The van der Waals surface area contributed by atoms with Crippen molar-refractivity contribution in [3.63, 3.8) is 0 Å². The molecule has 0 aliphatic heterocycles. The van der Waals surface area contributed by atoms with Gasteiger partial charge in [0.2, 0.25) is 0 Å². The van der Waals surface area contributed by atoms with Crippen LogP contribution < -0.4 is 5.32 Å². The first kappa shape index (κ1) is 21.9. The molecular weight excluding hydrogens is 461 g/mol. The molecule has 0 radical (unpaired) electrons. The second kappa shape index (κ2) is 11.5. The summed E-state index contributed by atoms with van der Waals surface area (Å²) < 4.78 is 2.20. The highest BCUT2D eigenvalue weighted by Crippen LogP contribution is 2.06. The maximum absolute atomic E-state index is 4.71. The SMILES string of the molecule is CN(C)C(=NCc1ccccc1)NCCc1nccn1Cc1ccccc1.I. The van der Waals surface area contributed by atoms with Crippen molar-refractivity contribution in [1.82, 2.24) is 19.8 Å². The quantitative estimate of drug-likeness (QED) is 0.312. The smallest absolute Gasteiger partial charge is 0.193 e. The summed E-state index contributed by atoms with van der Waals surface area (Å²) in [6, 6.07) is 20.8. The van der Waals surface area contributed by atoms with Gasteiger partial charge in [-0.15, -0.1) is 24.0 Å². The van der Waals surface area contributed by atoms with Crippen molar-refractivity contribution in [3.8, 4) is 0 Å². The van der Waals surface area contributed by atoms with E-state index in [1.165, 1.54) is 11.1 Å². The number of aromatic nitrogens is 2. The summed E-state index contributed by atoms with van der Waals surface area (Å²) in [5.41, 5.74) is 2.49. The molecule has 28 heavy (non-hydrogen) atoms. The minimum absolute atomic E-state index is 0. The fourth-order valence-corrected chi connectivity index (χ4v) is 2.88. The van der Waals surface area contributed by atoms with Gasteiger partial charge in [0.05, 0.1) is 6.54 Å². The van der Waals surface area contributed by atoms with E-state index in [0.29, 0.717) is 6.54 Å². The molecular formula is C22H28IN5. The molecule has 1 N–H and O–H groups in total. The number of nitrogens with one attached hydrogen (secondary N) is 1. The summed E-state index contributed by atoms with van der Waals surface area (Å²) in [5.74, 6) is 1.97. The van der Waals surface area contributed by atoms with Crippen molar-refractivity contribution in [2.24, 2.45) is 4.99 Å². The predicted octanol–water partition coefficient (Wildman–Crippen LogP) is 3.80. The van der Waals surface area contributed by atoms with Gasteiger partial charge in [-0.25, -0.2) is 9.98 Å². The average Bonchev–Trinajstić information content (AvgIpc) is 3.12. The van der Waals surface area contributed by atoms with Gasteiger partial charge < -0.3 is 14.8 Å². The van der Waals surface area contributed by atoms with Crippen molar-refractivity contribution in [2.75, 3.05) is 20.6 Å². The maximum atomic E-state index is 4.71. The Kier molecular flexibility index (Phi) is 9.00. The van der Waals surface area contributed by atoms with Crippen LogP contribution in [0.15, 0.2) is 78.0 Å². The van der Waals surface area contributed by atoms with Crippen LogP contribution >= 0.6 is 24.0 Å². The number of benzene rings is 2. The summed E-state index contributed by atoms with van der Waals surface area (Å²) >= 11 is 0. The molecule has 148 valence electrons. The van der Waals surface area contributed by atoms with Gasteiger partial charge in [-0.1, -0.05) is 60.7 Å². The molecule has 0 amide bonds. The van der Waals surface area contributed by atoms with Crippen molar-refractivity contribution < 1.29 is 0 Å². The van der Waals surface area contributed by atoms with E-state index in [1.54, 1.807) is 0 Å². The van der Waals surface area contributed by atoms with Crippen molar-refractivity contribution in [1.29, 1.82) is 0 Å². The van der Waals surface area contributed by atoms with E-state index in [1.807, 2.05) is 55.7 Å². The van der Waals surface area contributed by atoms with Gasteiger partial charge in [0.1, 0.15) is 5.82 Å². The third-order valence-corrected chi connectivity index (χ3v) is 4.31. The monoisotopic (exact) mass is 489 g/mol. The molecule has 5 nitrogen and oxygen atoms in total. The van der Waals surface area contributed by atoms with E-state index in [-0.39, 0.29) is 24.0 Å². The van der Waals surface area contributed by atoms with Crippen LogP contribution in [0.4, 0.5) is 0 Å². The number of guanidine groups is 1. The number of halogens is 1. The summed E-state index contributed by atoms with van der Waals surface area (Å²) in [5, 5.41) is 3.44. The summed E-state index contributed by atoms with van der Waals surface area (Å²) in [6.45, 7) is 2.31. The Balaban J connectivity index is 0.00000280. The van der Waals surface area contributed by atoms with E-state index in [9.17, 15) is 0 Å². The molecule has 0 atom stereocenters. The Hall–Kier alpha value is -2.35. The third-order valence-electron chi connectivity index (χ3n) is 4.31. The molecule has 1 aromatic heterocycles. The summed E-state index contributed by atoms with van der Waals surface area (Å²) in [7, 11) is 4.01. The van der Waals surface area contributed by atoms with Gasteiger partial charge in [-0.3, -0.25) is 0 Å². The third kappa shape index (κ3) is 6.67.